The molecule has 0 radical (unpaired) electrons. The lowest BCUT2D eigenvalue weighted by atomic mass is 10.1. The van der Waals surface area contributed by atoms with E-state index in [1.807, 2.05) is 0 Å². The monoisotopic (exact) mass is 260 g/mol. The Labute approximate surface area is 108 Å². The molecule has 0 aliphatic carbocycles. The van der Waals surface area contributed by atoms with Crippen molar-refractivity contribution in [2.45, 2.75) is 12.5 Å². The highest BCUT2D eigenvalue weighted by Crippen LogP contribution is 2.22. The van der Waals surface area contributed by atoms with E-state index in [1.165, 1.54) is 0 Å². The SMILES string of the molecule is O=C(O)C[C@H](Nc1cccc2ncccc12)C(=O)O. The quantitative estimate of drug-likeness (QED) is 0.754. The van der Waals surface area contributed by atoms with Gasteiger partial charge < -0.3 is 15.5 Å². The molecule has 0 saturated heterocycles. The predicted molar refractivity (Wildman–Crippen MR) is 69.0 cm³/mol. The van der Waals surface area contributed by atoms with Gasteiger partial charge in [-0.15, -0.1) is 0 Å². The normalized spacial score (nSPS) is 12.0. The number of anilines is 1. The molecule has 0 unspecified atom stereocenters. The maximum Gasteiger partial charge on any atom is 0.326 e. The molecule has 0 fully saturated rings. The van der Waals surface area contributed by atoms with Crippen molar-refractivity contribution < 1.29 is 19.8 Å². The smallest absolute Gasteiger partial charge is 0.326 e. The molecule has 0 aliphatic rings. The van der Waals surface area contributed by atoms with Crippen molar-refractivity contribution in [2.24, 2.45) is 0 Å². The summed E-state index contributed by atoms with van der Waals surface area (Å²) >= 11 is 0. The molecule has 6 heteroatoms. The van der Waals surface area contributed by atoms with Gasteiger partial charge >= 0.3 is 11.9 Å². The van der Waals surface area contributed by atoms with Crippen molar-refractivity contribution in [1.29, 1.82) is 0 Å². The molecule has 6 nitrogen and oxygen atoms in total. The molecule has 3 N–H and O–H groups in total. The molecule has 2 aromatic rings. The topological polar surface area (TPSA) is 99.5 Å². The fourth-order valence-electron chi connectivity index (χ4n) is 1.79. The number of fused-ring (bicyclic) bond motifs is 1. The second kappa shape index (κ2) is 5.34. The van der Waals surface area contributed by atoms with E-state index in [-0.39, 0.29) is 0 Å². The van der Waals surface area contributed by atoms with Gasteiger partial charge in [-0.25, -0.2) is 4.79 Å². The van der Waals surface area contributed by atoms with E-state index >= 15 is 0 Å². The largest absolute Gasteiger partial charge is 0.481 e. The summed E-state index contributed by atoms with van der Waals surface area (Å²) in [5, 5.41) is 21.2. The Morgan fingerprint density at radius 2 is 2.00 bits per heavy atom. The highest BCUT2D eigenvalue weighted by Gasteiger charge is 2.21. The van der Waals surface area contributed by atoms with Crippen LogP contribution in [0.4, 0.5) is 5.69 Å². The Morgan fingerprint density at radius 3 is 2.68 bits per heavy atom. The predicted octanol–water partition coefficient (Wildman–Crippen LogP) is 1.57. The minimum absolute atomic E-state index is 0.494. The lowest BCUT2D eigenvalue weighted by Crippen LogP contribution is -2.31. The standard InChI is InChI=1S/C13H12N2O4/c16-12(17)7-11(13(18)19)15-10-5-1-4-9-8(10)3-2-6-14-9/h1-6,11,15H,7H2,(H,16,17)(H,18,19)/t11-/m0/s1. The zero-order valence-electron chi connectivity index (χ0n) is 9.91. The third-order valence-corrected chi connectivity index (χ3v) is 2.65. The number of hydrogen-bond donors (Lipinski definition) is 3. The lowest BCUT2D eigenvalue weighted by Gasteiger charge is -2.15. The van der Waals surface area contributed by atoms with Crippen molar-refractivity contribution in [1.82, 2.24) is 4.98 Å². The summed E-state index contributed by atoms with van der Waals surface area (Å²) in [5.41, 5.74) is 1.27. The Balaban J connectivity index is 2.33. The second-order valence-corrected chi connectivity index (χ2v) is 4.01. The van der Waals surface area contributed by atoms with Gasteiger partial charge in [0.05, 0.1) is 11.9 Å². The van der Waals surface area contributed by atoms with Gasteiger partial charge in [0.1, 0.15) is 6.04 Å². The molecule has 0 bridgehead atoms. The van der Waals surface area contributed by atoms with Crippen LogP contribution >= 0.6 is 0 Å². The number of hydrogen-bond acceptors (Lipinski definition) is 4. The molecule has 98 valence electrons. The minimum atomic E-state index is -1.21. The summed E-state index contributed by atoms with van der Waals surface area (Å²) in [4.78, 5) is 25.8. The Bertz CT molecular complexity index is 622. The van der Waals surface area contributed by atoms with Crippen molar-refractivity contribution in [2.75, 3.05) is 5.32 Å². The summed E-state index contributed by atoms with van der Waals surface area (Å²) < 4.78 is 0. The molecule has 1 atom stereocenters. The summed E-state index contributed by atoms with van der Waals surface area (Å²) in [6.07, 6.45) is 1.14. The van der Waals surface area contributed by atoms with E-state index in [1.54, 1.807) is 36.5 Å². The van der Waals surface area contributed by atoms with Crippen molar-refractivity contribution >= 4 is 28.5 Å². The van der Waals surface area contributed by atoms with Crippen molar-refractivity contribution in [3.05, 3.63) is 36.5 Å². The van der Waals surface area contributed by atoms with E-state index < -0.39 is 24.4 Å². The fraction of sp³-hybridized carbons (Fsp3) is 0.154. The van der Waals surface area contributed by atoms with Gasteiger partial charge in [0.15, 0.2) is 0 Å². The van der Waals surface area contributed by atoms with Gasteiger partial charge in [-0.3, -0.25) is 9.78 Å². The van der Waals surface area contributed by atoms with Gasteiger partial charge in [-0.2, -0.15) is 0 Å². The fourth-order valence-corrected chi connectivity index (χ4v) is 1.79. The van der Waals surface area contributed by atoms with E-state index in [9.17, 15) is 9.59 Å². The average Bonchev–Trinajstić information content (AvgIpc) is 2.37. The van der Waals surface area contributed by atoms with Crippen LogP contribution in [0.25, 0.3) is 10.9 Å². The summed E-state index contributed by atoms with van der Waals surface area (Å²) in [6, 6.07) is 7.58. The number of benzene rings is 1. The second-order valence-electron chi connectivity index (χ2n) is 4.01. The molecule has 0 aliphatic heterocycles. The van der Waals surface area contributed by atoms with E-state index in [4.69, 9.17) is 10.2 Å². The van der Waals surface area contributed by atoms with E-state index in [0.29, 0.717) is 11.2 Å². The first kappa shape index (κ1) is 12.8. The number of pyridine rings is 1. The minimum Gasteiger partial charge on any atom is -0.481 e. The molecule has 19 heavy (non-hydrogen) atoms. The van der Waals surface area contributed by atoms with Gasteiger partial charge in [0.25, 0.3) is 0 Å². The third kappa shape index (κ3) is 2.98. The van der Waals surface area contributed by atoms with Crippen LogP contribution in [-0.2, 0) is 9.59 Å². The number of aromatic nitrogens is 1. The molecule has 1 heterocycles. The Morgan fingerprint density at radius 1 is 1.21 bits per heavy atom. The van der Waals surface area contributed by atoms with E-state index in [2.05, 4.69) is 10.3 Å². The maximum atomic E-state index is 11.0. The van der Waals surface area contributed by atoms with Crippen LogP contribution in [0.3, 0.4) is 0 Å². The molecule has 1 aromatic heterocycles. The van der Waals surface area contributed by atoms with Gasteiger partial charge in [0.2, 0.25) is 0 Å². The number of carboxylic acid groups (broad SMARTS) is 2. The van der Waals surface area contributed by atoms with Crippen LogP contribution < -0.4 is 5.32 Å². The van der Waals surface area contributed by atoms with Crippen LogP contribution in [0, 0.1) is 0 Å². The summed E-state index contributed by atoms with van der Waals surface area (Å²) in [5.74, 6) is -2.37. The first-order valence-electron chi connectivity index (χ1n) is 5.63. The number of carboxylic acids is 2. The number of nitrogens with one attached hydrogen (secondary N) is 1. The average molecular weight is 260 g/mol. The molecular weight excluding hydrogens is 248 g/mol. The Hall–Kier alpha value is -2.63. The van der Waals surface area contributed by atoms with Crippen LogP contribution in [0.15, 0.2) is 36.5 Å². The number of aliphatic carboxylic acids is 2. The van der Waals surface area contributed by atoms with Crippen molar-refractivity contribution in [3.63, 3.8) is 0 Å². The molecule has 1 aromatic carbocycles. The first-order valence-corrected chi connectivity index (χ1v) is 5.63. The van der Waals surface area contributed by atoms with E-state index in [0.717, 1.165) is 5.39 Å². The molecule has 0 amide bonds. The van der Waals surface area contributed by atoms with Crippen LogP contribution in [0.2, 0.25) is 0 Å². The Kier molecular flexibility index (Phi) is 3.61. The summed E-state index contributed by atoms with van der Waals surface area (Å²) in [6.45, 7) is 0. The molecule has 0 spiro atoms. The number of carbonyl (C=O) groups is 2. The third-order valence-electron chi connectivity index (χ3n) is 2.65. The first-order chi connectivity index (χ1) is 9.08. The molecule has 2 rings (SSSR count). The maximum absolute atomic E-state index is 11.0. The van der Waals surface area contributed by atoms with Gasteiger partial charge in [-0.05, 0) is 24.3 Å². The molecular formula is C13H12N2O4. The lowest BCUT2D eigenvalue weighted by molar-refractivity contribution is -0.144. The van der Waals surface area contributed by atoms with Crippen molar-refractivity contribution in [3.8, 4) is 0 Å². The zero-order valence-corrected chi connectivity index (χ0v) is 9.91. The zero-order chi connectivity index (χ0) is 13.8. The van der Waals surface area contributed by atoms with Gasteiger partial charge in [-0.1, -0.05) is 6.07 Å². The van der Waals surface area contributed by atoms with Gasteiger partial charge in [0, 0.05) is 17.3 Å². The van der Waals surface area contributed by atoms with Crippen LogP contribution in [0.1, 0.15) is 6.42 Å². The molecule has 0 saturated carbocycles. The van der Waals surface area contributed by atoms with Crippen LogP contribution in [-0.4, -0.2) is 33.2 Å². The number of rotatable bonds is 5. The number of nitrogens with zero attached hydrogens (tertiary/aromatic N) is 1. The highest BCUT2D eigenvalue weighted by atomic mass is 16.4. The highest BCUT2D eigenvalue weighted by molar-refractivity contribution is 5.93. The summed E-state index contributed by atoms with van der Waals surface area (Å²) in [7, 11) is 0. The van der Waals surface area contributed by atoms with Crippen LogP contribution in [0.5, 0.6) is 0 Å².